The Morgan fingerprint density at radius 3 is 1.21 bits per heavy atom. The van der Waals surface area contributed by atoms with E-state index in [-0.39, 0.29) is 12.5 Å². The van der Waals surface area contributed by atoms with Gasteiger partial charge < -0.3 is 65.1 Å². The van der Waals surface area contributed by atoms with Crippen LogP contribution < -0.4 is 5.32 Å². The maximum absolute atomic E-state index is 13.3. The highest BCUT2D eigenvalue weighted by atomic mass is 16.7. The van der Waals surface area contributed by atoms with Crippen LogP contribution >= 0.6 is 0 Å². The topological polar surface area (TPSA) is 228 Å². The molecule has 0 radical (unpaired) electrons. The zero-order valence-corrected chi connectivity index (χ0v) is 44.5. The highest BCUT2D eigenvalue weighted by Gasteiger charge is 2.51. The minimum atomic E-state index is -1.78. The third-order valence-corrected chi connectivity index (χ3v) is 14.8. The molecular weight excluding hydrogens is 895 g/mol. The fourth-order valence-corrected chi connectivity index (χ4v) is 10.1. The van der Waals surface area contributed by atoms with Gasteiger partial charge in [-0.1, -0.05) is 239 Å². The molecule has 2 fully saturated rings. The molecule has 12 atom stereocenters. The second kappa shape index (κ2) is 43.3. The van der Waals surface area contributed by atoms with Crippen molar-refractivity contribution in [3.05, 3.63) is 0 Å². The quantitative estimate of drug-likeness (QED) is 0.0259. The van der Waals surface area contributed by atoms with E-state index >= 15 is 0 Å². The summed E-state index contributed by atoms with van der Waals surface area (Å²) in [6.45, 7) is 2.89. The van der Waals surface area contributed by atoms with Crippen LogP contribution in [0.2, 0.25) is 0 Å². The molecule has 0 saturated carbocycles. The zero-order valence-electron chi connectivity index (χ0n) is 44.5. The number of ether oxygens (including phenoxy) is 4. The molecule has 2 aliphatic rings. The highest BCUT2D eigenvalue weighted by Crippen LogP contribution is 2.30. The van der Waals surface area contributed by atoms with E-state index in [1.807, 2.05) is 0 Å². The van der Waals surface area contributed by atoms with Crippen LogP contribution in [0.5, 0.6) is 0 Å². The van der Waals surface area contributed by atoms with Crippen molar-refractivity contribution in [2.45, 2.75) is 331 Å². The lowest BCUT2D eigenvalue weighted by Crippen LogP contribution is -2.65. The Labute approximate surface area is 425 Å². The third-order valence-electron chi connectivity index (χ3n) is 14.8. The van der Waals surface area contributed by atoms with Gasteiger partial charge >= 0.3 is 0 Å². The van der Waals surface area contributed by atoms with Gasteiger partial charge in [0.05, 0.1) is 32.0 Å². The number of nitrogens with one attached hydrogen (secondary N) is 1. The number of carbonyl (C=O) groups is 1. The molecule has 1 amide bonds. The Hall–Kier alpha value is -1.01. The van der Waals surface area contributed by atoms with Crippen LogP contribution in [0.1, 0.15) is 258 Å². The summed E-state index contributed by atoms with van der Waals surface area (Å²) in [7, 11) is 0. The number of hydrogen-bond donors (Lipinski definition) is 9. The van der Waals surface area contributed by atoms with Gasteiger partial charge in [0.2, 0.25) is 5.91 Å². The fourth-order valence-electron chi connectivity index (χ4n) is 10.1. The molecule has 9 N–H and O–H groups in total. The Morgan fingerprint density at radius 2 is 0.814 bits per heavy atom. The van der Waals surface area contributed by atoms with Gasteiger partial charge in [-0.25, -0.2) is 0 Å². The van der Waals surface area contributed by atoms with Crippen molar-refractivity contribution in [3.63, 3.8) is 0 Å². The molecule has 14 nitrogen and oxygen atoms in total. The molecule has 2 aliphatic heterocycles. The molecule has 2 rings (SSSR count). The molecule has 0 aromatic rings. The van der Waals surface area contributed by atoms with Crippen molar-refractivity contribution in [2.24, 2.45) is 0 Å². The Kier molecular flexibility index (Phi) is 40.2. The lowest BCUT2D eigenvalue weighted by Gasteiger charge is -2.46. The molecule has 2 heterocycles. The first-order valence-electron chi connectivity index (χ1n) is 29.3. The molecule has 70 heavy (non-hydrogen) atoms. The van der Waals surface area contributed by atoms with Gasteiger partial charge in [0.1, 0.15) is 48.8 Å². The summed E-state index contributed by atoms with van der Waals surface area (Å²) < 4.78 is 22.8. The first-order chi connectivity index (χ1) is 34.1. The summed E-state index contributed by atoms with van der Waals surface area (Å²) in [4.78, 5) is 13.3. The van der Waals surface area contributed by atoms with Crippen molar-refractivity contribution in [3.8, 4) is 0 Å². The summed E-state index contributed by atoms with van der Waals surface area (Å²) in [5.74, 6) is -0.201. The van der Waals surface area contributed by atoms with Crippen LogP contribution in [0.3, 0.4) is 0 Å². The average molecular weight is 1000 g/mol. The zero-order chi connectivity index (χ0) is 51.0. The number of unbranched alkanes of at least 4 members (excludes halogenated alkanes) is 34. The van der Waals surface area contributed by atoms with Gasteiger partial charge in [-0.05, 0) is 12.8 Å². The predicted octanol–water partition coefficient (Wildman–Crippen LogP) is 9.34. The molecule has 0 spiro atoms. The minimum Gasteiger partial charge on any atom is -0.394 e. The first-order valence-corrected chi connectivity index (χ1v) is 29.3. The summed E-state index contributed by atoms with van der Waals surface area (Å²) in [5.41, 5.74) is 0. The van der Waals surface area contributed by atoms with Gasteiger partial charge in [-0.2, -0.15) is 0 Å². The monoisotopic (exact) mass is 1000 g/mol. The van der Waals surface area contributed by atoms with Crippen LogP contribution in [0, 0.1) is 0 Å². The molecule has 14 heteroatoms. The van der Waals surface area contributed by atoms with Crippen molar-refractivity contribution in [1.82, 2.24) is 5.32 Å². The largest absolute Gasteiger partial charge is 0.394 e. The van der Waals surface area contributed by atoms with E-state index in [2.05, 4.69) is 19.2 Å². The van der Waals surface area contributed by atoms with E-state index in [9.17, 15) is 45.6 Å². The fraction of sp³-hybridized carbons (Fsp3) is 0.982. The van der Waals surface area contributed by atoms with Gasteiger partial charge in [0.25, 0.3) is 0 Å². The van der Waals surface area contributed by atoms with E-state index in [0.717, 1.165) is 51.4 Å². The van der Waals surface area contributed by atoms with Crippen molar-refractivity contribution >= 4 is 5.91 Å². The van der Waals surface area contributed by atoms with Crippen molar-refractivity contribution in [2.75, 3.05) is 19.8 Å². The third kappa shape index (κ3) is 29.2. The van der Waals surface area contributed by atoms with E-state index in [1.165, 1.54) is 180 Å². The number of aliphatic hydroxyl groups is 8. The Bertz CT molecular complexity index is 1180. The average Bonchev–Trinajstić information content (AvgIpc) is 3.36. The second-order valence-corrected chi connectivity index (χ2v) is 21.1. The van der Waals surface area contributed by atoms with Crippen molar-refractivity contribution in [1.29, 1.82) is 0 Å². The van der Waals surface area contributed by atoms with Crippen molar-refractivity contribution < 1.29 is 64.6 Å². The standard InChI is InChI=1S/C56H109NO13/c1-3-5-7-9-11-13-15-17-19-21-22-24-26-28-30-32-34-36-38-40-48(61)57-44(45(60)39-37-35-33-31-29-27-25-23-20-18-16-14-12-10-8-6-4-2)43-67-55-53(66)51(64)54(47(42-59)69-55)70-56-52(65)50(63)49(62)46(41-58)68-56/h44-47,49-56,58-60,62-66H,3-43H2,1-2H3,(H,57,61)/t44-,45+,46+,47+,49-,50?,51?,52?,53?,54+,55+,56-/m0/s1. The minimum absolute atomic E-state index is 0.201. The van der Waals surface area contributed by atoms with E-state index in [1.54, 1.807) is 0 Å². The first kappa shape index (κ1) is 65.1. The molecule has 4 unspecified atom stereocenters. The molecule has 2 saturated heterocycles. The van der Waals surface area contributed by atoms with Crippen LogP contribution in [0.4, 0.5) is 0 Å². The maximum atomic E-state index is 13.3. The van der Waals surface area contributed by atoms with Crippen LogP contribution in [-0.2, 0) is 23.7 Å². The molecular formula is C56H109NO13. The summed E-state index contributed by atoms with van der Waals surface area (Å²) in [6.07, 6.45) is 29.5. The normalized spacial score (nSPS) is 25.9. The molecule has 0 aliphatic carbocycles. The molecule has 0 bridgehead atoms. The van der Waals surface area contributed by atoms with Crippen LogP contribution in [0.15, 0.2) is 0 Å². The maximum Gasteiger partial charge on any atom is 0.220 e. The second-order valence-electron chi connectivity index (χ2n) is 21.1. The SMILES string of the molecule is CCCCCCCCCCCCCCCCCCCCCC(=O)N[C@@H](CO[C@@H]1O[C@H](CO)[C@@H](O[C@@H]2O[C@H](CO)[C@H](O)C(O)C2O)C(O)C1O)[C@H](O)CCCCCCCCCCCCCCCCCCC. The van der Waals surface area contributed by atoms with Gasteiger partial charge in [0, 0.05) is 6.42 Å². The van der Waals surface area contributed by atoms with Gasteiger partial charge in [0.15, 0.2) is 12.6 Å². The lowest BCUT2D eigenvalue weighted by atomic mass is 9.97. The smallest absolute Gasteiger partial charge is 0.220 e. The predicted molar refractivity (Wildman–Crippen MR) is 277 cm³/mol. The molecule has 416 valence electrons. The summed E-state index contributed by atoms with van der Waals surface area (Å²) in [5, 5.41) is 87.2. The van der Waals surface area contributed by atoms with E-state index < -0.39 is 86.8 Å². The Balaban J connectivity index is 1.76. The van der Waals surface area contributed by atoms with Gasteiger partial charge in [-0.3, -0.25) is 4.79 Å². The number of hydrogen-bond acceptors (Lipinski definition) is 13. The number of rotatable bonds is 47. The number of amides is 1. The Morgan fingerprint density at radius 1 is 0.457 bits per heavy atom. The van der Waals surface area contributed by atoms with E-state index in [4.69, 9.17) is 18.9 Å². The lowest BCUT2D eigenvalue weighted by molar-refractivity contribution is -0.359. The molecule has 0 aromatic heterocycles. The van der Waals surface area contributed by atoms with E-state index in [0.29, 0.717) is 12.8 Å². The summed E-state index contributed by atoms with van der Waals surface area (Å²) >= 11 is 0. The van der Waals surface area contributed by atoms with Gasteiger partial charge in [-0.15, -0.1) is 0 Å². The van der Waals surface area contributed by atoms with Crippen LogP contribution in [0.25, 0.3) is 0 Å². The number of aliphatic hydroxyl groups excluding tert-OH is 8. The van der Waals surface area contributed by atoms with Crippen LogP contribution in [-0.4, -0.2) is 140 Å². The highest BCUT2D eigenvalue weighted by molar-refractivity contribution is 5.76. The molecule has 0 aromatic carbocycles. The number of carbonyl (C=O) groups excluding carboxylic acids is 1. The summed E-state index contributed by atoms with van der Waals surface area (Å²) in [6, 6.07) is -0.822.